The summed E-state index contributed by atoms with van der Waals surface area (Å²) in [4.78, 5) is 7.31. The van der Waals surface area contributed by atoms with E-state index in [0.29, 0.717) is 24.4 Å². The van der Waals surface area contributed by atoms with E-state index in [-0.39, 0.29) is 24.0 Å². The third-order valence-electron chi connectivity index (χ3n) is 5.51. The zero-order valence-corrected chi connectivity index (χ0v) is 20.4. The van der Waals surface area contributed by atoms with Crippen LogP contribution in [-0.4, -0.2) is 47.7 Å². The van der Waals surface area contributed by atoms with Gasteiger partial charge in [-0.15, -0.1) is 24.0 Å². The molecule has 1 aliphatic rings. The molecule has 2 aromatic carbocycles. The van der Waals surface area contributed by atoms with Crippen molar-refractivity contribution in [3.63, 3.8) is 0 Å². The van der Waals surface area contributed by atoms with Gasteiger partial charge in [0.2, 0.25) is 0 Å². The van der Waals surface area contributed by atoms with Crippen LogP contribution in [0.15, 0.2) is 59.6 Å². The van der Waals surface area contributed by atoms with Crippen LogP contribution in [0.25, 0.3) is 0 Å². The smallest absolute Gasteiger partial charge is 0.191 e. The molecule has 2 unspecified atom stereocenters. The molecule has 30 heavy (non-hydrogen) atoms. The number of aliphatic imine (C=N–C) groups is 1. The highest BCUT2D eigenvalue weighted by Crippen LogP contribution is 2.20. The first-order chi connectivity index (χ1) is 14.1. The quantitative estimate of drug-likeness (QED) is 0.291. The zero-order chi connectivity index (χ0) is 20.5. The largest absolute Gasteiger partial charge is 0.508 e. The Morgan fingerprint density at radius 1 is 1.13 bits per heavy atom. The molecular formula is C24H35IN4O. The lowest BCUT2D eigenvalue weighted by Gasteiger charge is -2.38. The summed E-state index contributed by atoms with van der Waals surface area (Å²) in [6.45, 7) is 8.07. The van der Waals surface area contributed by atoms with E-state index in [9.17, 15) is 5.11 Å². The van der Waals surface area contributed by atoms with Crippen LogP contribution in [0.5, 0.6) is 5.75 Å². The van der Waals surface area contributed by atoms with Crippen LogP contribution < -0.4 is 10.6 Å². The molecule has 1 fully saturated rings. The Morgan fingerprint density at radius 3 is 2.60 bits per heavy atom. The van der Waals surface area contributed by atoms with Crippen molar-refractivity contribution < 1.29 is 5.11 Å². The van der Waals surface area contributed by atoms with Gasteiger partial charge in [-0.2, -0.15) is 0 Å². The number of nitrogens with one attached hydrogen (secondary N) is 2. The van der Waals surface area contributed by atoms with Gasteiger partial charge in [-0.25, -0.2) is 0 Å². The molecule has 0 aliphatic carbocycles. The number of hydrogen-bond donors (Lipinski definition) is 3. The van der Waals surface area contributed by atoms with Crippen molar-refractivity contribution >= 4 is 29.9 Å². The van der Waals surface area contributed by atoms with Gasteiger partial charge in [0, 0.05) is 38.3 Å². The standard InChI is InChI=1S/C24H34N4O.HI/c1-3-25-24(26-14-12-20-10-7-11-23(29)17-20)27-22-13-15-28(19(2)16-22)18-21-8-5-4-6-9-21;/h4-11,17,19,22,29H,3,12-16,18H2,1-2H3,(H2,25,26,27);1H. The molecule has 1 heterocycles. The van der Waals surface area contributed by atoms with Crippen LogP contribution in [0.2, 0.25) is 0 Å². The maximum atomic E-state index is 9.60. The molecule has 3 rings (SSSR count). The summed E-state index contributed by atoms with van der Waals surface area (Å²) in [5, 5.41) is 16.6. The lowest BCUT2D eigenvalue weighted by Crippen LogP contribution is -2.51. The molecule has 0 amide bonds. The third-order valence-corrected chi connectivity index (χ3v) is 5.51. The number of phenols is 1. The Kier molecular flexibility index (Phi) is 10.4. The number of benzene rings is 2. The molecule has 0 spiro atoms. The molecular weight excluding hydrogens is 487 g/mol. The highest BCUT2D eigenvalue weighted by molar-refractivity contribution is 14.0. The fraction of sp³-hybridized carbons (Fsp3) is 0.458. The Bertz CT molecular complexity index is 784. The first kappa shape index (κ1) is 24.5. The Morgan fingerprint density at radius 2 is 1.90 bits per heavy atom. The lowest BCUT2D eigenvalue weighted by atomic mass is 9.97. The monoisotopic (exact) mass is 522 g/mol. The number of aromatic hydroxyl groups is 1. The van der Waals surface area contributed by atoms with Crippen molar-refractivity contribution in [2.24, 2.45) is 4.99 Å². The molecule has 0 saturated carbocycles. The number of phenolic OH excluding ortho intramolecular Hbond substituents is 1. The van der Waals surface area contributed by atoms with Crippen LogP contribution in [0, 0.1) is 0 Å². The zero-order valence-electron chi connectivity index (χ0n) is 18.1. The van der Waals surface area contributed by atoms with Gasteiger partial charge in [-0.3, -0.25) is 9.89 Å². The van der Waals surface area contributed by atoms with E-state index in [0.717, 1.165) is 50.4 Å². The minimum atomic E-state index is 0. The molecule has 2 aromatic rings. The topological polar surface area (TPSA) is 59.9 Å². The molecule has 0 radical (unpaired) electrons. The average Bonchev–Trinajstić information content (AvgIpc) is 2.71. The average molecular weight is 522 g/mol. The predicted molar refractivity (Wildman–Crippen MR) is 136 cm³/mol. The van der Waals surface area contributed by atoms with E-state index in [1.54, 1.807) is 12.1 Å². The van der Waals surface area contributed by atoms with Crippen LogP contribution in [-0.2, 0) is 13.0 Å². The van der Waals surface area contributed by atoms with E-state index in [2.05, 4.69) is 59.7 Å². The molecule has 5 nitrogen and oxygen atoms in total. The maximum absolute atomic E-state index is 9.60. The highest BCUT2D eigenvalue weighted by atomic mass is 127. The van der Waals surface area contributed by atoms with Crippen molar-refractivity contribution in [2.75, 3.05) is 19.6 Å². The summed E-state index contributed by atoms with van der Waals surface area (Å²) in [7, 11) is 0. The number of piperidine rings is 1. The molecule has 1 saturated heterocycles. The first-order valence-electron chi connectivity index (χ1n) is 10.7. The Labute approximate surface area is 198 Å². The van der Waals surface area contributed by atoms with Crippen molar-refractivity contribution in [3.05, 3.63) is 65.7 Å². The normalized spacial score (nSPS) is 19.7. The second kappa shape index (κ2) is 12.8. The van der Waals surface area contributed by atoms with Gasteiger partial charge in [0.25, 0.3) is 0 Å². The summed E-state index contributed by atoms with van der Waals surface area (Å²) < 4.78 is 0. The van der Waals surface area contributed by atoms with Crippen LogP contribution in [0.4, 0.5) is 0 Å². The fourth-order valence-electron chi connectivity index (χ4n) is 3.93. The van der Waals surface area contributed by atoms with Gasteiger partial charge in [0.15, 0.2) is 5.96 Å². The first-order valence-corrected chi connectivity index (χ1v) is 10.7. The van der Waals surface area contributed by atoms with Crippen molar-refractivity contribution in [1.29, 1.82) is 0 Å². The summed E-state index contributed by atoms with van der Waals surface area (Å²) in [5.41, 5.74) is 2.49. The van der Waals surface area contributed by atoms with Crippen LogP contribution in [0.1, 0.15) is 37.8 Å². The van der Waals surface area contributed by atoms with Gasteiger partial charge < -0.3 is 15.7 Å². The Hall–Kier alpha value is -1.80. The summed E-state index contributed by atoms with van der Waals surface area (Å²) in [5.74, 6) is 1.20. The minimum absolute atomic E-state index is 0. The third kappa shape index (κ3) is 7.80. The van der Waals surface area contributed by atoms with Crippen molar-refractivity contribution in [3.8, 4) is 5.75 Å². The SMILES string of the molecule is CCNC(=NCCc1cccc(O)c1)NC1CCN(Cc2ccccc2)C(C)C1.I. The van der Waals surface area contributed by atoms with E-state index in [4.69, 9.17) is 4.99 Å². The number of hydrogen-bond acceptors (Lipinski definition) is 3. The number of halogens is 1. The minimum Gasteiger partial charge on any atom is -0.508 e. The maximum Gasteiger partial charge on any atom is 0.191 e. The van der Waals surface area contributed by atoms with Crippen molar-refractivity contribution in [2.45, 2.75) is 51.7 Å². The van der Waals surface area contributed by atoms with E-state index < -0.39 is 0 Å². The van der Waals surface area contributed by atoms with Gasteiger partial charge in [-0.1, -0.05) is 42.5 Å². The predicted octanol–water partition coefficient (Wildman–Crippen LogP) is 4.16. The molecule has 1 aliphatic heterocycles. The molecule has 3 N–H and O–H groups in total. The van der Waals surface area contributed by atoms with Gasteiger partial charge in [-0.05, 0) is 56.4 Å². The van der Waals surface area contributed by atoms with Crippen LogP contribution in [0.3, 0.4) is 0 Å². The molecule has 2 atom stereocenters. The molecule has 0 aromatic heterocycles. The van der Waals surface area contributed by atoms with Crippen LogP contribution >= 0.6 is 24.0 Å². The molecule has 6 heteroatoms. The lowest BCUT2D eigenvalue weighted by molar-refractivity contribution is 0.134. The van der Waals surface area contributed by atoms with E-state index in [1.807, 2.05) is 12.1 Å². The number of nitrogens with zero attached hydrogens (tertiary/aromatic N) is 2. The number of guanidine groups is 1. The summed E-state index contributed by atoms with van der Waals surface area (Å²) in [6, 6.07) is 19.1. The summed E-state index contributed by atoms with van der Waals surface area (Å²) >= 11 is 0. The second-order valence-electron chi connectivity index (χ2n) is 7.85. The summed E-state index contributed by atoms with van der Waals surface area (Å²) in [6.07, 6.45) is 3.05. The van der Waals surface area contributed by atoms with Gasteiger partial charge in [0.05, 0.1) is 0 Å². The van der Waals surface area contributed by atoms with E-state index >= 15 is 0 Å². The van der Waals surface area contributed by atoms with Gasteiger partial charge in [0.1, 0.15) is 5.75 Å². The van der Waals surface area contributed by atoms with Gasteiger partial charge >= 0.3 is 0 Å². The van der Waals surface area contributed by atoms with E-state index in [1.165, 1.54) is 5.56 Å². The fourth-order valence-corrected chi connectivity index (χ4v) is 3.93. The number of likely N-dealkylation sites (tertiary alicyclic amines) is 1. The van der Waals surface area contributed by atoms with Crippen molar-refractivity contribution in [1.82, 2.24) is 15.5 Å². The highest BCUT2D eigenvalue weighted by Gasteiger charge is 2.25. The second-order valence-corrected chi connectivity index (χ2v) is 7.85. The Balaban J connectivity index is 0.00000320. The molecule has 0 bridgehead atoms. The number of rotatable bonds is 7. The molecule has 164 valence electrons.